The second kappa shape index (κ2) is 9.00. The molecule has 0 aliphatic carbocycles. The second-order valence-electron chi connectivity index (χ2n) is 8.67. The summed E-state index contributed by atoms with van der Waals surface area (Å²) in [4.78, 5) is 23.4. The zero-order valence-corrected chi connectivity index (χ0v) is 18.9. The zero-order chi connectivity index (χ0) is 22.1. The summed E-state index contributed by atoms with van der Waals surface area (Å²) < 4.78 is 0. The van der Waals surface area contributed by atoms with Gasteiger partial charge in [-0.2, -0.15) is 0 Å². The van der Waals surface area contributed by atoms with Gasteiger partial charge in [-0.25, -0.2) is 15.0 Å². The van der Waals surface area contributed by atoms with Gasteiger partial charge in [0.2, 0.25) is 0 Å². The van der Waals surface area contributed by atoms with Gasteiger partial charge in [-0.15, -0.1) is 0 Å². The van der Waals surface area contributed by atoms with Crippen LogP contribution in [0.15, 0.2) is 37.1 Å². The van der Waals surface area contributed by atoms with E-state index in [0.717, 1.165) is 65.9 Å². The number of piperidine rings is 1. The van der Waals surface area contributed by atoms with Crippen LogP contribution in [0.3, 0.4) is 0 Å². The lowest BCUT2D eigenvalue weighted by Crippen LogP contribution is -2.35. The van der Waals surface area contributed by atoms with Gasteiger partial charge in [0.15, 0.2) is 5.65 Å². The van der Waals surface area contributed by atoms with E-state index in [9.17, 15) is 5.11 Å². The molecule has 8 heteroatoms. The monoisotopic (exact) mass is 450 g/mol. The Morgan fingerprint density at radius 1 is 1.22 bits per heavy atom. The summed E-state index contributed by atoms with van der Waals surface area (Å²) in [5, 5.41) is 11.0. The summed E-state index contributed by atoms with van der Waals surface area (Å²) >= 11 is 6.73. The maximum atomic E-state index is 9.33. The van der Waals surface area contributed by atoms with E-state index in [4.69, 9.17) is 16.6 Å². The first-order valence-electron chi connectivity index (χ1n) is 11.2. The molecule has 5 rings (SSSR count). The van der Waals surface area contributed by atoms with Gasteiger partial charge >= 0.3 is 0 Å². The Bertz CT molecular complexity index is 1230. The van der Waals surface area contributed by atoms with Gasteiger partial charge in [0.05, 0.1) is 28.2 Å². The summed E-state index contributed by atoms with van der Waals surface area (Å²) in [6.45, 7) is 4.39. The summed E-state index contributed by atoms with van der Waals surface area (Å²) in [6.07, 6.45) is 8.85. The van der Waals surface area contributed by atoms with E-state index in [2.05, 4.69) is 37.8 Å². The molecule has 4 heterocycles. The minimum absolute atomic E-state index is 0.172. The van der Waals surface area contributed by atoms with E-state index in [1.165, 1.54) is 11.3 Å². The van der Waals surface area contributed by atoms with Crippen LogP contribution in [0.1, 0.15) is 43.4 Å². The number of nitrogens with zero attached hydrogens (tertiary/aromatic N) is 5. The molecule has 7 nitrogen and oxygen atoms in total. The van der Waals surface area contributed by atoms with Crippen molar-refractivity contribution in [2.45, 2.75) is 38.5 Å². The molecule has 1 aromatic carbocycles. The van der Waals surface area contributed by atoms with Crippen LogP contribution < -0.4 is 4.90 Å². The fourth-order valence-electron chi connectivity index (χ4n) is 4.91. The number of aromatic amines is 1. The maximum absolute atomic E-state index is 9.33. The predicted octanol–water partition coefficient (Wildman–Crippen LogP) is 4.50. The first-order valence-corrected chi connectivity index (χ1v) is 11.6. The number of hydrogen-bond acceptors (Lipinski definition) is 6. The fourth-order valence-corrected chi connectivity index (χ4v) is 5.18. The molecule has 1 unspecified atom stereocenters. The number of aliphatic hydroxyl groups excluding tert-OH is 1. The van der Waals surface area contributed by atoms with E-state index in [0.29, 0.717) is 11.6 Å². The summed E-state index contributed by atoms with van der Waals surface area (Å²) in [5.41, 5.74) is 5.84. The molecular formula is C24H27ClN6O. The molecule has 1 aliphatic heterocycles. The minimum Gasteiger partial charge on any atom is -0.396 e. The Hall–Kier alpha value is -2.77. The number of anilines is 1. The molecule has 32 heavy (non-hydrogen) atoms. The van der Waals surface area contributed by atoms with Crippen molar-refractivity contribution in [1.82, 2.24) is 24.9 Å². The van der Waals surface area contributed by atoms with Crippen molar-refractivity contribution in [3.05, 3.63) is 53.3 Å². The molecule has 166 valence electrons. The Morgan fingerprint density at radius 3 is 2.88 bits per heavy atom. The van der Waals surface area contributed by atoms with Crippen LogP contribution in [0.2, 0.25) is 5.02 Å². The number of H-pyrrole nitrogens is 1. The third-order valence-corrected chi connectivity index (χ3v) is 6.96. The van der Waals surface area contributed by atoms with Crippen LogP contribution in [-0.2, 0) is 6.42 Å². The lowest BCUT2D eigenvalue weighted by Gasteiger charge is -2.36. The van der Waals surface area contributed by atoms with Crippen molar-refractivity contribution in [3.8, 4) is 0 Å². The number of aliphatic hydroxyl groups is 1. The van der Waals surface area contributed by atoms with Crippen molar-refractivity contribution in [2.24, 2.45) is 5.92 Å². The van der Waals surface area contributed by atoms with Crippen molar-refractivity contribution in [2.75, 3.05) is 24.6 Å². The standard InChI is InChI=1S/C24H27ClN6O/c1-15(11-20-22-24(29-13-27-20)30-14-28-22)18-12-19(25)17-3-2-7-26-21(17)23(18)31-8-4-16(5-9-31)6-10-32/h2-3,7,12-16,32H,4-6,8-11H2,1H3,(H,27,28,29,30). The average molecular weight is 451 g/mol. The Kier molecular flexibility index (Phi) is 5.93. The van der Waals surface area contributed by atoms with Gasteiger partial charge in [-0.1, -0.05) is 18.5 Å². The van der Waals surface area contributed by atoms with E-state index >= 15 is 0 Å². The van der Waals surface area contributed by atoms with Crippen molar-refractivity contribution < 1.29 is 5.11 Å². The predicted molar refractivity (Wildman–Crippen MR) is 127 cm³/mol. The first-order chi connectivity index (χ1) is 15.7. The lowest BCUT2D eigenvalue weighted by atomic mass is 9.89. The second-order valence-corrected chi connectivity index (χ2v) is 9.07. The molecule has 0 bridgehead atoms. The van der Waals surface area contributed by atoms with E-state index in [-0.39, 0.29) is 12.5 Å². The molecule has 0 radical (unpaired) electrons. The molecule has 2 N–H and O–H groups in total. The molecule has 0 saturated carbocycles. The number of rotatable bonds is 6. The first kappa shape index (κ1) is 21.1. The lowest BCUT2D eigenvalue weighted by molar-refractivity contribution is 0.240. The summed E-state index contributed by atoms with van der Waals surface area (Å²) in [7, 11) is 0. The van der Waals surface area contributed by atoms with Gasteiger partial charge in [0.1, 0.15) is 11.8 Å². The van der Waals surface area contributed by atoms with Crippen LogP contribution in [0, 0.1) is 5.92 Å². The molecule has 0 amide bonds. The highest BCUT2D eigenvalue weighted by Gasteiger charge is 2.26. The third kappa shape index (κ3) is 3.91. The quantitative estimate of drug-likeness (QED) is 0.449. The summed E-state index contributed by atoms with van der Waals surface area (Å²) in [6, 6.07) is 6.08. The van der Waals surface area contributed by atoms with Crippen LogP contribution in [0.5, 0.6) is 0 Å². The Morgan fingerprint density at radius 2 is 2.06 bits per heavy atom. The topological polar surface area (TPSA) is 90.8 Å². The Balaban J connectivity index is 1.55. The number of pyridine rings is 1. The number of hydrogen-bond donors (Lipinski definition) is 2. The number of halogens is 1. The van der Waals surface area contributed by atoms with Crippen molar-refractivity contribution >= 4 is 39.4 Å². The van der Waals surface area contributed by atoms with E-state index in [1.807, 2.05) is 18.3 Å². The molecule has 3 aromatic heterocycles. The van der Waals surface area contributed by atoms with Crippen LogP contribution >= 0.6 is 11.6 Å². The van der Waals surface area contributed by atoms with Gasteiger partial charge in [-0.3, -0.25) is 4.98 Å². The van der Waals surface area contributed by atoms with Gasteiger partial charge in [-0.05, 0) is 61.3 Å². The highest BCUT2D eigenvalue weighted by molar-refractivity contribution is 6.36. The molecule has 1 fully saturated rings. The van der Waals surface area contributed by atoms with Crippen LogP contribution in [0.25, 0.3) is 22.1 Å². The van der Waals surface area contributed by atoms with E-state index < -0.39 is 0 Å². The smallest absolute Gasteiger partial charge is 0.180 e. The Labute approximate surface area is 191 Å². The highest BCUT2D eigenvalue weighted by Crippen LogP contribution is 2.41. The van der Waals surface area contributed by atoms with Gasteiger partial charge < -0.3 is 15.0 Å². The molecular weight excluding hydrogens is 424 g/mol. The fraction of sp³-hybridized carbons (Fsp3) is 0.417. The minimum atomic E-state index is 0.172. The number of benzene rings is 1. The molecule has 1 aliphatic rings. The average Bonchev–Trinajstić information content (AvgIpc) is 3.30. The molecule has 0 spiro atoms. The SMILES string of the molecule is CC(Cc1ncnc2nc[nH]c12)c1cc(Cl)c2cccnc2c1N1CCC(CCO)CC1. The molecule has 1 saturated heterocycles. The van der Waals surface area contributed by atoms with E-state index in [1.54, 1.807) is 12.7 Å². The number of fused-ring (bicyclic) bond motifs is 2. The number of imidazole rings is 1. The number of aromatic nitrogens is 5. The van der Waals surface area contributed by atoms with Crippen molar-refractivity contribution in [3.63, 3.8) is 0 Å². The zero-order valence-electron chi connectivity index (χ0n) is 18.1. The summed E-state index contributed by atoms with van der Waals surface area (Å²) in [5.74, 6) is 0.754. The maximum Gasteiger partial charge on any atom is 0.180 e. The molecule has 4 aromatic rings. The van der Waals surface area contributed by atoms with Crippen LogP contribution in [0.4, 0.5) is 5.69 Å². The van der Waals surface area contributed by atoms with Gasteiger partial charge in [0.25, 0.3) is 0 Å². The third-order valence-electron chi connectivity index (χ3n) is 6.65. The van der Waals surface area contributed by atoms with Crippen LogP contribution in [-0.4, -0.2) is 49.7 Å². The number of nitrogens with one attached hydrogen (secondary N) is 1. The molecule has 1 atom stereocenters. The normalized spacial score (nSPS) is 16.2. The van der Waals surface area contributed by atoms with Crippen molar-refractivity contribution in [1.29, 1.82) is 0 Å². The van der Waals surface area contributed by atoms with Gasteiger partial charge in [0, 0.05) is 31.3 Å². The highest BCUT2D eigenvalue weighted by atomic mass is 35.5. The largest absolute Gasteiger partial charge is 0.396 e.